The van der Waals surface area contributed by atoms with Crippen molar-refractivity contribution in [3.05, 3.63) is 39.6 Å². The van der Waals surface area contributed by atoms with Gasteiger partial charge in [0.05, 0.1) is 18.9 Å². The molecule has 0 unspecified atom stereocenters. The van der Waals surface area contributed by atoms with Gasteiger partial charge in [-0.3, -0.25) is 4.79 Å². The molecule has 2 heterocycles. The average molecular weight is 410 g/mol. The summed E-state index contributed by atoms with van der Waals surface area (Å²) < 4.78 is 6.61. The van der Waals surface area contributed by atoms with Crippen molar-refractivity contribution >= 4 is 34.2 Å². The van der Waals surface area contributed by atoms with Gasteiger partial charge >= 0.3 is 0 Å². The Morgan fingerprint density at radius 1 is 1.09 bits per heavy atom. The summed E-state index contributed by atoms with van der Waals surface area (Å²) in [7, 11) is 0. The number of hydrogen-bond donors (Lipinski definition) is 0. The SMILES string of the molecule is O=C1C(N2CCOCC2)=CC2(CC2)CN1c1ccc(I)cc1. The first-order valence-corrected chi connectivity index (χ1v) is 8.88. The molecule has 0 aromatic heterocycles. The van der Waals surface area contributed by atoms with Crippen molar-refractivity contribution in [3.63, 3.8) is 0 Å². The van der Waals surface area contributed by atoms with Gasteiger partial charge < -0.3 is 14.5 Å². The molecule has 0 atom stereocenters. The van der Waals surface area contributed by atoms with E-state index in [4.69, 9.17) is 4.74 Å². The molecule has 1 aromatic rings. The smallest absolute Gasteiger partial charge is 0.274 e. The van der Waals surface area contributed by atoms with Gasteiger partial charge in [0.2, 0.25) is 0 Å². The van der Waals surface area contributed by atoms with Gasteiger partial charge in [-0.05, 0) is 65.8 Å². The van der Waals surface area contributed by atoms with E-state index in [0.29, 0.717) is 13.2 Å². The Kier molecular flexibility index (Phi) is 3.64. The fraction of sp³-hybridized carbons (Fsp3) is 0.471. The summed E-state index contributed by atoms with van der Waals surface area (Å²) in [6.45, 7) is 3.87. The summed E-state index contributed by atoms with van der Waals surface area (Å²) in [4.78, 5) is 17.2. The number of hydrogen-bond acceptors (Lipinski definition) is 3. The van der Waals surface area contributed by atoms with E-state index < -0.39 is 0 Å². The van der Waals surface area contributed by atoms with E-state index in [-0.39, 0.29) is 11.3 Å². The molecule has 3 aliphatic rings. The third-order valence-corrected chi connectivity index (χ3v) is 5.48. The Bertz CT molecular complexity index is 616. The van der Waals surface area contributed by atoms with E-state index in [0.717, 1.165) is 31.0 Å². The van der Waals surface area contributed by atoms with Gasteiger partial charge in [0.15, 0.2) is 0 Å². The molecule has 0 bridgehead atoms. The predicted octanol–water partition coefficient (Wildman–Crippen LogP) is 2.63. The van der Waals surface area contributed by atoms with Crippen LogP contribution in [0.1, 0.15) is 12.8 Å². The van der Waals surface area contributed by atoms with Crippen molar-refractivity contribution in [2.45, 2.75) is 12.8 Å². The van der Waals surface area contributed by atoms with Gasteiger partial charge in [-0.1, -0.05) is 0 Å². The molecule has 2 fully saturated rings. The molecule has 5 heteroatoms. The molecule has 0 N–H and O–H groups in total. The molecule has 1 saturated heterocycles. The highest BCUT2D eigenvalue weighted by molar-refractivity contribution is 14.1. The van der Waals surface area contributed by atoms with Gasteiger partial charge in [-0.15, -0.1) is 0 Å². The monoisotopic (exact) mass is 410 g/mol. The number of rotatable bonds is 2. The minimum Gasteiger partial charge on any atom is -0.378 e. The van der Waals surface area contributed by atoms with E-state index in [2.05, 4.69) is 57.8 Å². The zero-order valence-electron chi connectivity index (χ0n) is 12.4. The van der Waals surface area contributed by atoms with Gasteiger partial charge in [0.25, 0.3) is 5.91 Å². The summed E-state index contributed by atoms with van der Waals surface area (Å²) in [6, 6.07) is 8.24. The lowest BCUT2D eigenvalue weighted by atomic mass is 9.98. The summed E-state index contributed by atoms with van der Waals surface area (Å²) >= 11 is 2.29. The van der Waals surface area contributed by atoms with Crippen molar-refractivity contribution in [3.8, 4) is 0 Å². The van der Waals surface area contributed by atoms with Crippen LogP contribution < -0.4 is 4.90 Å². The number of benzene rings is 1. The maximum Gasteiger partial charge on any atom is 0.274 e. The number of anilines is 1. The van der Waals surface area contributed by atoms with E-state index in [1.165, 1.54) is 16.4 Å². The van der Waals surface area contributed by atoms with Crippen molar-refractivity contribution in [1.82, 2.24) is 4.90 Å². The lowest BCUT2D eigenvalue weighted by Gasteiger charge is -2.38. The van der Waals surface area contributed by atoms with Gasteiger partial charge in [-0.25, -0.2) is 0 Å². The largest absolute Gasteiger partial charge is 0.378 e. The Morgan fingerprint density at radius 3 is 2.41 bits per heavy atom. The fourth-order valence-corrected chi connectivity index (χ4v) is 3.61. The fourth-order valence-electron chi connectivity index (χ4n) is 3.25. The Hall–Kier alpha value is -1.08. The second kappa shape index (κ2) is 5.53. The van der Waals surface area contributed by atoms with Crippen LogP contribution in [-0.4, -0.2) is 43.7 Å². The maximum absolute atomic E-state index is 13.0. The van der Waals surface area contributed by atoms with E-state index in [9.17, 15) is 4.79 Å². The van der Waals surface area contributed by atoms with Crippen LogP contribution in [0.25, 0.3) is 0 Å². The average Bonchev–Trinajstić information content (AvgIpc) is 3.30. The van der Waals surface area contributed by atoms with Crippen LogP contribution >= 0.6 is 22.6 Å². The first kappa shape index (κ1) is 14.5. The molecule has 4 nitrogen and oxygen atoms in total. The number of carbonyl (C=O) groups excluding carboxylic acids is 1. The Labute approximate surface area is 144 Å². The highest BCUT2D eigenvalue weighted by atomic mass is 127. The number of morpholine rings is 1. The zero-order chi connectivity index (χ0) is 15.2. The molecule has 116 valence electrons. The van der Waals surface area contributed by atoms with Crippen molar-refractivity contribution in [2.75, 3.05) is 37.7 Å². The molecule has 1 amide bonds. The number of ether oxygens (including phenoxy) is 1. The molecule has 4 rings (SSSR count). The van der Waals surface area contributed by atoms with Crippen molar-refractivity contribution in [1.29, 1.82) is 0 Å². The van der Waals surface area contributed by atoms with Crippen molar-refractivity contribution < 1.29 is 9.53 Å². The predicted molar refractivity (Wildman–Crippen MR) is 93.7 cm³/mol. The first-order chi connectivity index (χ1) is 10.7. The molecular weight excluding hydrogens is 391 g/mol. The number of amides is 1. The number of nitrogens with zero attached hydrogens (tertiary/aromatic N) is 2. The third-order valence-electron chi connectivity index (χ3n) is 4.76. The molecule has 2 aliphatic heterocycles. The second-order valence-corrected chi connectivity index (χ2v) is 7.60. The van der Waals surface area contributed by atoms with Crippen LogP contribution in [0, 0.1) is 8.99 Å². The third kappa shape index (κ3) is 2.65. The molecule has 1 aliphatic carbocycles. The van der Waals surface area contributed by atoms with Gasteiger partial charge in [-0.2, -0.15) is 0 Å². The lowest BCUT2D eigenvalue weighted by molar-refractivity contribution is -0.117. The Morgan fingerprint density at radius 2 is 1.77 bits per heavy atom. The van der Waals surface area contributed by atoms with Crippen LogP contribution in [0.4, 0.5) is 5.69 Å². The highest BCUT2D eigenvalue weighted by Gasteiger charge is 2.48. The molecule has 22 heavy (non-hydrogen) atoms. The lowest BCUT2D eigenvalue weighted by Crippen LogP contribution is -2.48. The number of carbonyl (C=O) groups is 1. The topological polar surface area (TPSA) is 32.8 Å². The minimum atomic E-state index is 0.139. The highest BCUT2D eigenvalue weighted by Crippen LogP contribution is 2.51. The summed E-state index contributed by atoms with van der Waals surface area (Å²) in [6.07, 6.45) is 4.62. The van der Waals surface area contributed by atoms with Gasteiger partial charge in [0.1, 0.15) is 0 Å². The molecule has 1 aromatic carbocycles. The quantitative estimate of drug-likeness (QED) is 0.703. The minimum absolute atomic E-state index is 0.139. The maximum atomic E-state index is 13.0. The second-order valence-electron chi connectivity index (χ2n) is 6.36. The Balaban J connectivity index is 1.66. The van der Waals surface area contributed by atoms with Crippen molar-refractivity contribution in [2.24, 2.45) is 5.41 Å². The molecule has 1 saturated carbocycles. The van der Waals surface area contributed by atoms with Crippen LogP contribution in [0.15, 0.2) is 36.0 Å². The van der Waals surface area contributed by atoms with E-state index in [1.54, 1.807) is 0 Å². The molecule has 0 radical (unpaired) electrons. The van der Waals surface area contributed by atoms with Crippen LogP contribution in [-0.2, 0) is 9.53 Å². The summed E-state index contributed by atoms with van der Waals surface area (Å²) in [5, 5.41) is 0. The standard InChI is InChI=1S/C17H19IN2O2/c18-13-1-3-14(4-2-13)20-12-17(5-6-17)11-15(16(20)21)19-7-9-22-10-8-19/h1-4,11H,5-10,12H2. The van der Waals surface area contributed by atoms with E-state index >= 15 is 0 Å². The summed E-state index contributed by atoms with van der Waals surface area (Å²) in [5.41, 5.74) is 2.10. The van der Waals surface area contributed by atoms with Crippen LogP contribution in [0.3, 0.4) is 0 Å². The normalized spacial score (nSPS) is 23.7. The van der Waals surface area contributed by atoms with Crippen LogP contribution in [0.5, 0.6) is 0 Å². The van der Waals surface area contributed by atoms with Crippen LogP contribution in [0.2, 0.25) is 0 Å². The van der Waals surface area contributed by atoms with Gasteiger partial charge in [0, 0.05) is 34.3 Å². The number of halogens is 1. The van der Waals surface area contributed by atoms with E-state index in [1.807, 2.05) is 4.90 Å². The summed E-state index contributed by atoms with van der Waals surface area (Å²) in [5.74, 6) is 0.139. The first-order valence-electron chi connectivity index (χ1n) is 7.80. The zero-order valence-corrected chi connectivity index (χ0v) is 14.6. The molecule has 1 spiro atoms. The molecular formula is C17H19IN2O2.